The molecule has 4 aromatic rings. The maximum absolute atomic E-state index is 13.4. The van der Waals surface area contributed by atoms with Gasteiger partial charge in [0.05, 0.1) is 33.7 Å². The molecule has 4 N–H and O–H groups in total. The van der Waals surface area contributed by atoms with Crippen molar-refractivity contribution in [2.75, 3.05) is 10.3 Å². The minimum absolute atomic E-state index is 0.0259. The Bertz CT molecular complexity index is 1850. The highest BCUT2D eigenvalue weighted by Crippen LogP contribution is 2.29. The van der Waals surface area contributed by atoms with Crippen LogP contribution >= 0.6 is 0 Å². The number of amides is 2. The number of carbonyl (C=O) groups is 5. The molecule has 2 amide bonds. The molecule has 2 heterocycles. The number of para-hydroxylation sites is 1. The van der Waals surface area contributed by atoms with Gasteiger partial charge in [0.25, 0.3) is 5.91 Å². The van der Waals surface area contributed by atoms with E-state index in [-0.39, 0.29) is 34.8 Å². The van der Waals surface area contributed by atoms with Crippen LogP contribution < -0.4 is 10.3 Å². The summed E-state index contributed by atoms with van der Waals surface area (Å²) in [5.41, 5.74) is 2.19. The maximum Gasteiger partial charge on any atom is 0.335 e. The highest BCUT2D eigenvalue weighted by Gasteiger charge is 2.30. The minimum atomic E-state index is -1.33. The molecule has 43 heavy (non-hydrogen) atoms. The lowest BCUT2D eigenvalue weighted by Gasteiger charge is -2.11. The Hall–Kier alpha value is -6.04. The fourth-order valence-electron chi connectivity index (χ4n) is 4.76. The van der Waals surface area contributed by atoms with Gasteiger partial charge >= 0.3 is 17.9 Å². The highest BCUT2D eigenvalue weighted by atomic mass is 16.4. The fraction of sp³-hybridized carbons (Fsp3) is 0.0968. The molecule has 3 aromatic carbocycles. The van der Waals surface area contributed by atoms with E-state index in [2.05, 4.69) is 10.4 Å². The molecule has 0 spiro atoms. The third kappa shape index (κ3) is 5.75. The number of carbonyl (C=O) groups excluding carboxylic acids is 2. The van der Waals surface area contributed by atoms with Gasteiger partial charge in [0.15, 0.2) is 0 Å². The first-order valence-corrected chi connectivity index (χ1v) is 13.0. The van der Waals surface area contributed by atoms with Crippen molar-refractivity contribution in [1.82, 2.24) is 4.57 Å². The van der Waals surface area contributed by atoms with Crippen LogP contribution in [0.5, 0.6) is 0 Å². The van der Waals surface area contributed by atoms with Crippen LogP contribution in [0.4, 0.5) is 11.4 Å². The van der Waals surface area contributed by atoms with E-state index in [4.69, 9.17) is 0 Å². The smallest absolute Gasteiger partial charge is 0.335 e. The topological polar surface area (TPSA) is 179 Å². The Balaban J connectivity index is 1.44. The first-order chi connectivity index (χ1) is 20.5. The first kappa shape index (κ1) is 28.5. The molecule has 0 saturated carbocycles. The fourth-order valence-corrected chi connectivity index (χ4v) is 4.76. The molecule has 1 aliphatic rings. The predicted molar refractivity (Wildman–Crippen MR) is 158 cm³/mol. The molecule has 0 atom stereocenters. The van der Waals surface area contributed by atoms with Crippen LogP contribution in [-0.4, -0.2) is 55.3 Å². The van der Waals surface area contributed by atoms with Crippen molar-refractivity contribution in [2.24, 2.45) is 5.10 Å². The summed E-state index contributed by atoms with van der Waals surface area (Å²) in [6.45, 7) is 1.67. The summed E-state index contributed by atoms with van der Waals surface area (Å²) in [5.74, 6) is -4.66. The number of carboxylic acids is 3. The van der Waals surface area contributed by atoms with Gasteiger partial charge in [0, 0.05) is 28.4 Å². The van der Waals surface area contributed by atoms with Gasteiger partial charge in [-0.1, -0.05) is 25.1 Å². The molecule has 0 fully saturated rings. The number of carboxylic acid groups (broad SMARTS) is 3. The van der Waals surface area contributed by atoms with Crippen molar-refractivity contribution in [3.05, 3.63) is 101 Å². The van der Waals surface area contributed by atoms with Gasteiger partial charge in [-0.05, 0) is 61.0 Å². The summed E-state index contributed by atoms with van der Waals surface area (Å²) in [6.07, 6.45) is 3.86. The highest BCUT2D eigenvalue weighted by molar-refractivity contribution is 6.33. The van der Waals surface area contributed by atoms with Crippen LogP contribution in [0.15, 0.2) is 83.6 Å². The van der Waals surface area contributed by atoms with Crippen LogP contribution in [0.25, 0.3) is 17.0 Å². The van der Waals surface area contributed by atoms with E-state index in [1.165, 1.54) is 41.4 Å². The Kier molecular flexibility index (Phi) is 7.58. The summed E-state index contributed by atoms with van der Waals surface area (Å²) in [7, 11) is 0. The average molecular weight is 581 g/mol. The monoisotopic (exact) mass is 580 g/mol. The van der Waals surface area contributed by atoms with Crippen LogP contribution in [0.3, 0.4) is 0 Å². The van der Waals surface area contributed by atoms with Crippen molar-refractivity contribution in [3.63, 3.8) is 0 Å². The van der Waals surface area contributed by atoms with Crippen molar-refractivity contribution in [2.45, 2.75) is 19.9 Å². The van der Waals surface area contributed by atoms with Gasteiger partial charge in [-0.2, -0.15) is 10.1 Å². The number of benzene rings is 3. The van der Waals surface area contributed by atoms with Gasteiger partial charge < -0.3 is 25.2 Å². The largest absolute Gasteiger partial charge is 0.478 e. The molecule has 5 rings (SSSR count). The van der Waals surface area contributed by atoms with E-state index in [9.17, 15) is 39.3 Å². The third-order valence-electron chi connectivity index (χ3n) is 6.79. The molecule has 12 nitrogen and oxygen atoms in total. The SMILES string of the molecule is CCC1=NN(c2ccc(C(=O)O)cc2)C(=O)C1=Cc1cn(CC(=O)Nc2cc(C(=O)O)cc(C(=O)O)c2)c2ccccc12. The molecular formula is C31H24N4O8. The summed E-state index contributed by atoms with van der Waals surface area (Å²) >= 11 is 0. The number of hydrazone groups is 1. The first-order valence-electron chi connectivity index (χ1n) is 13.0. The number of nitrogens with one attached hydrogen (secondary N) is 1. The molecule has 0 saturated heterocycles. The van der Waals surface area contributed by atoms with Gasteiger partial charge in [-0.25, -0.2) is 14.4 Å². The Morgan fingerprint density at radius 1 is 0.860 bits per heavy atom. The second-order valence-electron chi connectivity index (χ2n) is 9.61. The lowest BCUT2D eigenvalue weighted by atomic mass is 10.0. The van der Waals surface area contributed by atoms with E-state index < -0.39 is 23.8 Å². The summed E-state index contributed by atoms with van der Waals surface area (Å²) in [5, 5.41) is 36.8. The standard InChI is InChI=1S/C31H24N4O8/c1-2-25-24(28(37)35(33-25)22-9-7-17(8-10-22)29(38)39)14-20-15-34(26-6-4-3-5-23(20)26)16-27(36)32-21-12-18(30(40)41)11-19(13-21)31(42)43/h3-15H,2,16H2,1H3,(H,32,36)(H,38,39)(H,40,41)(H,42,43). The number of hydrogen-bond donors (Lipinski definition) is 4. The van der Waals surface area contributed by atoms with Crippen molar-refractivity contribution < 1.29 is 39.3 Å². The number of fused-ring (bicyclic) bond motifs is 1. The molecule has 0 bridgehead atoms. The van der Waals surface area contributed by atoms with E-state index in [0.29, 0.717) is 34.5 Å². The minimum Gasteiger partial charge on any atom is -0.478 e. The van der Waals surface area contributed by atoms with Crippen LogP contribution in [0.1, 0.15) is 50.0 Å². The molecule has 12 heteroatoms. The zero-order valence-electron chi connectivity index (χ0n) is 22.6. The predicted octanol–water partition coefficient (Wildman–Crippen LogP) is 4.57. The Morgan fingerprint density at radius 3 is 2.09 bits per heavy atom. The molecule has 0 radical (unpaired) electrons. The zero-order chi connectivity index (χ0) is 30.8. The number of rotatable bonds is 9. The second-order valence-corrected chi connectivity index (χ2v) is 9.61. The quantitative estimate of drug-likeness (QED) is 0.208. The summed E-state index contributed by atoms with van der Waals surface area (Å²) < 4.78 is 1.67. The number of nitrogens with zero attached hydrogens (tertiary/aromatic N) is 3. The van der Waals surface area contributed by atoms with Gasteiger partial charge in [0.2, 0.25) is 5.91 Å². The lowest BCUT2D eigenvalue weighted by molar-refractivity contribution is -0.116. The maximum atomic E-state index is 13.4. The van der Waals surface area contributed by atoms with Crippen molar-refractivity contribution >= 4 is 63.8 Å². The molecule has 216 valence electrons. The van der Waals surface area contributed by atoms with Crippen LogP contribution in [0.2, 0.25) is 0 Å². The molecule has 0 aliphatic carbocycles. The number of anilines is 2. The average Bonchev–Trinajstić information content (AvgIpc) is 3.49. The summed E-state index contributed by atoms with van der Waals surface area (Å²) in [6, 6.07) is 16.4. The normalized spacial score (nSPS) is 13.8. The number of aromatic carboxylic acids is 3. The second kappa shape index (κ2) is 11.4. The van der Waals surface area contributed by atoms with Crippen LogP contribution in [0, 0.1) is 0 Å². The van der Waals surface area contributed by atoms with E-state index >= 15 is 0 Å². The van der Waals surface area contributed by atoms with Crippen molar-refractivity contribution in [3.8, 4) is 0 Å². The molecule has 0 unspecified atom stereocenters. The van der Waals surface area contributed by atoms with E-state index in [0.717, 1.165) is 11.5 Å². The molecule has 1 aromatic heterocycles. The molecular weight excluding hydrogens is 556 g/mol. The van der Waals surface area contributed by atoms with Crippen LogP contribution in [-0.2, 0) is 16.1 Å². The van der Waals surface area contributed by atoms with E-state index in [1.807, 2.05) is 19.1 Å². The van der Waals surface area contributed by atoms with Crippen molar-refractivity contribution in [1.29, 1.82) is 0 Å². The van der Waals surface area contributed by atoms with Gasteiger partial charge in [-0.3, -0.25) is 9.59 Å². The Labute approximate surface area is 243 Å². The zero-order valence-corrected chi connectivity index (χ0v) is 22.6. The number of hydrogen-bond acceptors (Lipinski definition) is 6. The van der Waals surface area contributed by atoms with E-state index in [1.54, 1.807) is 29.0 Å². The summed E-state index contributed by atoms with van der Waals surface area (Å²) in [4.78, 5) is 60.5. The van der Waals surface area contributed by atoms with Gasteiger partial charge in [-0.15, -0.1) is 0 Å². The number of aromatic nitrogens is 1. The lowest BCUT2D eigenvalue weighted by Crippen LogP contribution is -2.21. The van der Waals surface area contributed by atoms with Gasteiger partial charge in [0.1, 0.15) is 6.54 Å². The molecule has 1 aliphatic heterocycles. The third-order valence-corrected chi connectivity index (χ3v) is 6.79. The Morgan fingerprint density at radius 2 is 1.49 bits per heavy atom.